The van der Waals surface area contributed by atoms with Crippen LogP contribution in [-0.4, -0.2) is 22.6 Å². The van der Waals surface area contributed by atoms with Crippen molar-refractivity contribution in [2.75, 3.05) is 13.1 Å². The molecule has 96 valence electrons. The topological polar surface area (TPSA) is 29.9 Å². The molecular weight excluding hydrogens is 210 g/mol. The molecule has 1 aromatic heterocycles. The number of rotatable bonds is 6. The van der Waals surface area contributed by atoms with Crippen LogP contribution in [-0.2, 0) is 6.54 Å². The Morgan fingerprint density at radius 1 is 1.41 bits per heavy atom. The first-order chi connectivity index (χ1) is 8.36. The zero-order valence-corrected chi connectivity index (χ0v) is 11.2. The van der Waals surface area contributed by atoms with Crippen molar-refractivity contribution in [3.05, 3.63) is 18.2 Å². The van der Waals surface area contributed by atoms with E-state index in [0.29, 0.717) is 5.92 Å². The second-order valence-electron chi connectivity index (χ2n) is 5.08. The number of aromatic nitrogens is 2. The number of aryl methyl sites for hydroxylation is 1. The molecule has 1 aliphatic rings. The van der Waals surface area contributed by atoms with Crippen molar-refractivity contribution in [1.29, 1.82) is 0 Å². The van der Waals surface area contributed by atoms with E-state index in [1.165, 1.54) is 31.5 Å². The first-order valence-electron chi connectivity index (χ1n) is 7.08. The van der Waals surface area contributed by atoms with Gasteiger partial charge in [0.1, 0.15) is 5.82 Å². The molecule has 0 radical (unpaired) electrons. The highest BCUT2D eigenvalue weighted by Crippen LogP contribution is 2.38. The lowest BCUT2D eigenvalue weighted by Crippen LogP contribution is -2.25. The van der Waals surface area contributed by atoms with Gasteiger partial charge in [-0.05, 0) is 38.3 Å². The van der Waals surface area contributed by atoms with Gasteiger partial charge < -0.3 is 9.88 Å². The molecule has 0 spiro atoms. The van der Waals surface area contributed by atoms with Gasteiger partial charge >= 0.3 is 0 Å². The molecule has 3 nitrogen and oxygen atoms in total. The predicted octanol–water partition coefficient (Wildman–Crippen LogP) is 2.79. The van der Waals surface area contributed by atoms with Crippen molar-refractivity contribution in [2.24, 2.45) is 5.92 Å². The Balaban J connectivity index is 2.06. The Bertz CT molecular complexity index is 332. The zero-order chi connectivity index (χ0) is 12.1. The Morgan fingerprint density at radius 2 is 2.29 bits per heavy atom. The van der Waals surface area contributed by atoms with Crippen LogP contribution in [0.1, 0.15) is 51.3 Å². The molecule has 1 saturated carbocycles. The van der Waals surface area contributed by atoms with Gasteiger partial charge in [-0.15, -0.1) is 0 Å². The van der Waals surface area contributed by atoms with Crippen molar-refractivity contribution in [3.8, 4) is 0 Å². The van der Waals surface area contributed by atoms with E-state index >= 15 is 0 Å². The van der Waals surface area contributed by atoms with Crippen LogP contribution in [0.3, 0.4) is 0 Å². The summed E-state index contributed by atoms with van der Waals surface area (Å²) in [7, 11) is 0. The summed E-state index contributed by atoms with van der Waals surface area (Å²) in [4.78, 5) is 4.61. The summed E-state index contributed by atoms with van der Waals surface area (Å²) in [5, 5.41) is 3.50. The van der Waals surface area contributed by atoms with E-state index in [2.05, 4.69) is 34.9 Å². The summed E-state index contributed by atoms with van der Waals surface area (Å²) in [5.41, 5.74) is 0. The highest BCUT2D eigenvalue weighted by atomic mass is 15.1. The third-order valence-corrected chi connectivity index (χ3v) is 3.86. The van der Waals surface area contributed by atoms with Crippen LogP contribution >= 0.6 is 0 Å². The van der Waals surface area contributed by atoms with Crippen LogP contribution in [0.5, 0.6) is 0 Å². The molecule has 2 unspecified atom stereocenters. The first-order valence-corrected chi connectivity index (χ1v) is 7.08. The number of nitrogens with zero attached hydrogens (tertiary/aromatic N) is 2. The molecule has 3 heteroatoms. The predicted molar refractivity (Wildman–Crippen MR) is 71.1 cm³/mol. The van der Waals surface area contributed by atoms with Gasteiger partial charge in [-0.1, -0.05) is 20.3 Å². The molecule has 0 aliphatic heterocycles. The minimum atomic E-state index is 0.676. The molecule has 17 heavy (non-hydrogen) atoms. The van der Waals surface area contributed by atoms with E-state index in [1.54, 1.807) is 0 Å². The van der Waals surface area contributed by atoms with Gasteiger partial charge in [0.15, 0.2) is 0 Å². The highest BCUT2D eigenvalue weighted by Gasteiger charge is 2.30. The molecule has 2 atom stereocenters. The van der Waals surface area contributed by atoms with Gasteiger partial charge in [-0.25, -0.2) is 4.98 Å². The second kappa shape index (κ2) is 6.20. The Labute approximate surface area is 105 Å². The van der Waals surface area contributed by atoms with E-state index in [4.69, 9.17) is 0 Å². The number of nitrogens with one attached hydrogen (secondary N) is 1. The molecular formula is C14H25N3. The van der Waals surface area contributed by atoms with Gasteiger partial charge in [0, 0.05) is 24.9 Å². The lowest BCUT2D eigenvalue weighted by Gasteiger charge is -2.20. The fourth-order valence-corrected chi connectivity index (χ4v) is 3.03. The summed E-state index contributed by atoms with van der Waals surface area (Å²) >= 11 is 0. The number of hydrogen-bond donors (Lipinski definition) is 1. The maximum atomic E-state index is 4.61. The summed E-state index contributed by atoms with van der Waals surface area (Å²) in [6, 6.07) is 0. The average molecular weight is 235 g/mol. The Morgan fingerprint density at radius 3 is 3.06 bits per heavy atom. The van der Waals surface area contributed by atoms with Crippen molar-refractivity contribution in [2.45, 2.75) is 52.0 Å². The summed E-state index contributed by atoms with van der Waals surface area (Å²) < 4.78 is 2.36. The van der Waals surface area contributed by atoms with Crippen LogP contribution in [0.25, 0.3) is 0 Å². The van der Waals surface area contributed by atoms with E-state index in [-0.39, 0.29) is 0 Å². The second-order valence-corrected chi connectivity index (χ2v) is 5.08. The molecule has 2 rings (SSSR count). The molecule has 0 aromatic carbocycles. The zero-order valence-electron chi connectivity index (χ0n) is 11.2. The van der Waals surface area contributed by atoms with Crippen molar-refractivity contribution in [1.82, 2.24) is 14.9 Å². The molecule has 1 fully saturated rings. The van der Waals surface area contributed by atoms with Crippen LogP contribution < -0.4 is 5.32 Å². The van der Waals surface area contributed by atoms with Gasteiger partial charge in [0.05, 0.1) is 0 Å². The molecule has 0 saturated heterocycles. The van der Waals surface area contributed by atoms with E-state index < -0.39 is 0 Å². The summed E-state index contributed by atoms with van der Waals surface area (Å²) in [6.07, 6.45) is 9.33. The molecule has 1 heterocycles. The van der Waals surface area contributed by atoms with E-state index in [1.807, 2.05) is 6.20 Å². The molecule has 1 aliphatic carbocycles. The van der Waals surface area contributed by atoms with Crippen molar-refractivity contribution >= 4 is 0 Å². The fraction of sp³-hybridized carbons (Fsp3) is 0.786. The molecule has 1 N–H and O–H groups in total. The quantitative estimate of drug-likeness (QED) is 0.821. The van der Waals surface area contributed by atoms with Crippen LogP contribution in [0.2, 0.25) is 0 Å². The molecule has 1 aromatic rings. The van der Waals surface area contributed by atoms with Crippen molar-refractivity contribution in [3.63, 3.8) is 0 Å². The lowest BCUT2D eigenvalue weighted by atomic mass is 9.95. The SMILES string of the molecule is CCCn1ccnc1C1CCCC1CNCC. The fourth-order valence-electron chi connectivity index (χ4n) is 3.03. The minimum Gasteiger partial charge on any atom is -0.335 e. The largest absolute Gasteiger partial charge is 0.335 e. The summed E-state index contributed by atoms with van der Waals surface area (Å²) in [6.45, 7) is 7.75. The van der Waals surface area contributed by atoms with Crippen molar-refractivity contribution < 1.29 is 0 Å². The molecule has 0 bridgehead atoms. The minimum absolute atomic E-state index is 0.676. The van der Waals surface area contributed by atoms with Crippen LogP contribution in [0, 0.1) is 5.92 Å². The lowest BCUT2D eigenvalue weighted by molar-refractivity contribution is 0.423. The molecule has 0 amide bonds. The van der Waals surface area contributed by atoms with Gasteiger partial charge in [0.25, 0.3) is 0 Å². The monoisotopic (exact) mass is 235 g/mol. The van der Waals surface area contributed by atoms with Gasteiger partial charge in [-0.2, -0.15) is 0 Å². The van der Waals surface area contributed by atoms with Gasteiger partial charge in [0.2, 0.25) is 0 Å². The normalized spacial score (nSPS) is 24.4. The standard InChI is InChI=1S/C14H25N3/c1-3-9-17-10-8-16-14(17)13-7-5-6-12(13)11-15-4-2/h8,10,12-13,15H,3-7,9,11H2,1-2H3. The van der Waals surface area contributed by atoms with E-state index in [9.17, 15) is 0 Å². The maximum Gasteiger partial charge on any atom is 0.112 e. The Hall–Kier alpha value is -0.830. The van der Waals surface area contributed by atoms with Crippen LogP contribution in [0.15, 0.2) is 12.4 Å². The summed E-state index contributed by atoms with van der Waals surface area (Å²) in [5.74, 6) is 2.79. The van der Waals surface area contributed by atoms with Gasteiger partial charge in [-0.3, -0.25) is 0 Å². The Kier molecular flexibility index (Phi) is 4.60. The first kappa shape index (κ1) is 12.6. The highest BCUT2D eigenvalue weighted by molar-refractivity contribution is 5.05. The number of hydrogen-bond acceptors (Lipinski definition) is 2. The van der Waals surface area contributed by atoms with E-state index in [0.717, 1.165) is 25.6 Å². The third-order valence-electron chi connectivity index (χ3n) is 3.86. The average Bonchev–Trinajstić information content (AvgIpc) is 2.94. The maximum absolute atomic E-state index is 4.61. The van der Waals surface area contributed by atoms with Crippen LogP contribution in [0.4, 0.5) is 0 Å². The number of imidazole rings is 1. The third kappa shape index (κ3) is 2.89. The smallest absolute Gasteiger partial charge is 0.112 e.